The van der Waals surface area contributed by atoms with Crippen molar-refractivity contribution in [1.82, 2.24) is 14.5 Å². The Balaban J connectivity index is 1.35. The first-order valence-electron chi connectivity index (χ1n) is 12.8. The first kappa shape index (κ1) is 22.7. The van der Waals surface area contributed by atoms with Crippen molar-refractivity contribution >= 4 is 39.9 Å². The number of carbonyl (C=O) groups excluding carboxylic acids is 2. The number of anilines is 1. The number of aryl methyl sites for hydroxylation is 1. The van der Waals surface area contributed by atoms with Gasteiger partial charge in [0.15, 0.2) is 0 Å². The number of hydrogen-bond acceptors (Lipinski definition) is 5. The summed E-state index contributed by atoms with van der Waals surface area (Å²) in [5, 5.41) is 5.18. The van der Waals surface area contributed by atoms with Crippen LogP contribution in [0.4, 0.5) is 5.69 Å². The first-order valence-corrected chi connectivity index (χ1v) is 13.7. The van der Waals surface area contributed by atoms with E-state index in [4.69, 9.17) is 9.72 Å². The zero-order valence-electron chi connectivity index (χ0n) is 20.2. The Bertz CT molecular complexity index is 1270. The van der Waals surface area contributed by atoms with Gasteiger partial charge in [-0.15, -0.1) is 11.3 Å². The summed E-state index contributed by atoms with van der Waals surface area (Å²) in [6.45, 7) is 2.05. The lowest BCUT2D eigenvalue weighted by molar-refractivity contribution is -0.117. The molecular weight excluding hydrogens is 460 g/mol. The average molecular weight is 493 g/mol. The molecule has 7 nitrogen and oxygen atoms in total. The fraction of sp³-hybridized carbons (Fsp3) is 0.519. The third-order valence-corrected chi connectivity index (χ3v) is 8.80. The molecule has 3 aromatic rings. The molecule has 2 fully saturated rings. The van der Waals surface area contributed by atoms with Gasteiger partial charge in [-0.1, -0.05) is 12.8 Å². The highest BCUT2D eigenvalue weighted by Gasteiger charge is 2.29. The minimum Gasteiger partial charge on any atom is -0.370 e. The molecule has 2 aromatic heterocycles. The summed E-state index contributed by atoms with van der Waals surface area (Å²) in [6.07, 6.45) is 7.98. The third kappa shape index (κ3) is 4.38. The van der Waals surface area contributed by atoms with E-state index in [0.717, 1.165) is 55.6 Å². The Morgan fingerprint density at radius 1 is 1.20 bits per heavy atom. The number of thiophene rings is 1. The van der Waals surface area contributed by atoms with Gasteiger partial charge in [-0.3, -0.25) is 9.59 Å². The Morgan fingerprint density at radius 3 is 2.86 bits per heavy atom. The summed E-state index contributed by atoms with van der Waals surface area (Å²) >= 11 is 1.77. The van der Waals surface area contributed by atoms with E-state index in [0.29, 0.717) is 36.7 Å². The zero-order valence-corrected chi connectivity index (χ0v) is 21.0. The summed E-state index contributed by atoms with van der Waals surface area (Å²) < 4.78 is 7.93. The van der Waals surface area contributed by atoms with Crippen molar-refractivity contribution in [3.05, 3.63) is 45.4 Å². The molecule has 4 heterocycles. The van der Waals surface area contributed by atoms with Crippen molar-refractivity contribution in [2.24, 2.45) is 13.0 Å². The Morgan fingerprint density at radius 2 is 2.06 bits per heavy atom. The number of fused-ring (bicyclic) bond motifs is 2. The lowest BCUT2D eigenvalue weighted by Crippen LogP contribution is -2.35. The number of amides is 2. The van der Waals surface area contributed by atoms with Crippen LogP contribution < -0.4 is 5.32 Å². The van der Waals surface area contributed by atoms with E-state index < -0.39 is 0 Å². The standard InChI is InChI=1S/C27H32N4O3S/c1-30-25-20(27(33)31-10-8-23-18(16-31)9-12-35-23)14-19(28-24(32)13-17-5-2-3-6-17)15-21(25)29-26(30)22-7-4-11-34-22/h9,12,14-15,17,22H,2-8,10-11,13,16H2,1H3,(H,28,32)/t22-/m0/s1. The molecule has 0 unspecified atom stereocenters. The van der Waals surface area contributed by atoms with Crippen LogP contribution in [0.5, 0.6) is 0 Å². The molecule has 184 valence electrons. The van der Waals surface area contributed by atoms with Crippen LogP contribution in [0.25, 0.3) is 11.0 Å². The summed E-state index contributed by atoms with van der Waals surface area (Å²) in [4.78, 5) is 34.9. The molecule has 2 aliphatic heterocycles. The van der Waals surface area contributed by atoms with Crippen molar-refractivity contribution < 1.29 is 14.3 Å². The Hall–Kier alpha value is -2.71. The molecule has 0 spiro atoms. The van der Waals surface area contributed by atoms with Crippen LogP contribution in [0.1, 0.15) is 77.7 Å². The second kappa shape index (κ2) is 9.39. The minimum absolute atomic E-state index is 0.0133. The molecule has 6 rings (SSSR count). The van der Waals surface area contributed by atoms with Gasteiger partial charge in [0.05, 0.1) is 16.6 Å². The van der Waals surface area contributed by atoms with Crippen LogP contribution in [-0.4, -0.2) is 39.4 Å². The van der Waals surface area contributed by atoms with Crippen LogP contribution in [-0.2, 0) is 29.5 Å². The van der Waals surface area contributed by atoms with Gasteiger partial charge in [-0.05, 0) is 67.2 Å². The van der Waals surface area contributed by atoms with Gasteiger partial charge in [0.2, 0.25) is 5.91 Å². The lowest BCUT2D eigenvalue weighted by atomic mass is 10.0. The SMILES string of the molecule is Cn1c([C@@H]2CCCO2)nc2cc(NC(=O)CC3CCCC3)cc(C(=O)N3CCc4sccc4C3)c21. The quantitative estimate of drug-likeness (QED) is 0.531. The summed E-state index contributed by atoms with van der Waals surface area (Å²) in [5.41, 5.74) is 4.02. The number of benzene rings is 1. The molecule has 3 aliphatic rings. The van der Waals surface area contributed by atoms with E-state index in [2.05, 4.69) is 16.8 Å². The van der Waals surface area contributed by atoms with Gasteiger partial charge in [-0.25, -0.2) is 4.98 Å². The highest BCUT2D eigenvalue weighted by molar-refractivity contribution is 7.10. The summed E-state index contributed by atoms with van der Waals surface area (Å²) in [5.74, 6) is 1.32. The number of carbonyl (C=O) groups is 2. The lowest BCUT2D eigenvalue weighted by Gasteiger charge is -2.27. The van der Waals surface area contributed by atoms with Crippen LogP contribution >= 0.6 is 11.3 Å². The molecule has 2 amide bonds. The molecule has 1 aliphatic carbocycles. The van der Waals surface area contributed by atoms with Crippen molar-refractivity contribution in [3.8, 4) is 0 Å². The monoisotopic (exact) mass is 492 g/mol. The van der Waals surface area contributed by atoms with Gasteiger partial charge in [0, 0.05) is 43.7 Å². The molecule has 1 N–H and O–H groups in total. The highest BCUT2D eigenvalue weighted by atomic mass is 32.1. The normalized spacial score (nSPS) is 20.5. The largest absolute Gasteiger partial charge is 0.370 e. The maximum Gasteiger partial charge on any atom is 0.256 e. The number of rotatable bonds is 5. The molecule has 1 saturated heterocycles. The molecule has 35 heavy (non-hydrogen) atoms. The number of aromatic nitrogens is 2. The minimum atomic E-state index is -0.0564. The molecule has 1 aromatic carbocycles. The van der Waals surface area contributed by atoms with Gasteiger partial charge in [0.25, 0.3) is 5.91 Å². The van der Waals surface area contributed by atoms with Gasteiger partial charge in [-0.2, -0.15) is 0 Å². The molecule has 0 radical (unpaired) electrons. The van der Waals surface area contributed by atoms with E-state index in [9.17, 15) is 9.59 Å². The molecule has 0 bridgehead atoms. The van der Waals surface area contributed by atoms with E-state index in [1.807, 2.05) is 28.6 Å². The van der Waals surface area contributed by atoms with E-state index >= 15 is 0 Å². The predicted octanol–water partition coefficient (Wildman–Crippen LogP) is 5.20. The van der Waals surface area contributed by atoms with Gasteiger partial charge < -0.3 is 19.5 Å². The Kier molecular flexibility index (Phi) is 6.10. The van der Waals surface area contributed by atoms with Gasteiger partial charge in [0.1, 0.15) is 11.9 Å². The van der Waals surface area contributed by atoms with Crippen molar-refractivity contribution in [3.63, 3.8) is 0 Å². The second-order valence-electron chi connectivity index (χ2n) is 10.2. The first-order chi connectivity index (χ1) is 17.1. The molecular formula is C27H32N4O3S. The Labute approximate surface area is 209 Å². The van der Waals surface area contributed by atoms with E-state index in [-0.39, 0.29) is 17.9 Å². The van der Waals surface area contributed by atoms with E-state index in [1.54, 1.807) is 11.3 Å². The average Bonchev–Trinajstić information content (AvgIpc) is 3.65. The van der Waals surface area contributed by atoms with Crippen LogP contribution in [0, 0.1) is 5.92 Å². The highest BCUT2D eigenvalue weighted by Crippen LogP contribution is 2.34. The van der Waals surface area contributed by atoms with E-state index in [1.165, 1.54) is 23.3 Å². The maximum atomic E-state index is 13.9. The number of nitrogens with one attached hydrogen (secondary N) is 1. The third-order valence-electron chi connectivity index (χ3n) is 7.78. The fourth-order valence-corrected chi connectivity index (χ4v) is 6.84. The van der Waals surface area contributed by atoms with Crippen molar-refractivity contribution in [2.75, 3.05) is 18.5 Å². The fourth-order valence-electron chi connectivity index (χ4n) is 5.96. The number of nitrogens with zero attached hydrogens (tertiary/aromatic N) is 3. The number of ether oxygens (including phenoxy) is 1. The van der Waals surface area contributed by atoms with Crippen LogP contribution in [0.15, 0.2) is 23.6 Å². The molecule has 1 saturated carbocycles. The van der Waals surface area contributed by atoms with Crippen molar-refractivity contribution in [1.29, 1.82) is 0 Å². The second-order valence-corrected chi connectivity index (χ2v) is 11.2. The number of hydrogen-bond donors (Lipinski definition) is 1. The number of imidazole rings is 1. The summed E-state index contributed by atoms with van der Waals surface area (Å²) in [6, 6.07) is 5.87. The summed E-state index contributed by atoms with van der Waals surface area (Å²) in [7, 11) is 1.97. The predicted molar refractivity (Wildman–Crippen MR) is 137 cm³/mol. The topological polar surface area (TPSA) is 76.5 Å². The zero-order chi connectivity index (χ0) is 23.9. The maximum absolute atomic E-state index is 13.9. The smallest absolute Gasteiger partial charge is 0.256 e. The van der Waals surface area contributed by atoms with Crippen LogP contribution in [0.3, 0.4) is 0 Å². The van der Waals surface area contributed by atoms with Crippen LogP contribution in [0.2, 0.25) is 0 Å². The van der Waals surface area contributed by atoms with Gasteiger partial charge >= 0.3 is 0 Å². The molecule has 8 heteroatoms. The van der Waals surface area contributed by atoms with Crippen molar-refractivity contribution in [2.45, 2.75) is 64.0 Å². The molecule has 1 atom stereocenters.